The lowest BCUT2D eigenvalue weighted by molar-refractivity contribution is -0.123. The van der Waals surface area contributed by atoms with Crippen LogP contribution in [-0.2, 0) is 4.79 Å². The summed E-state index contributed by atoms with van der Waals surface area (Å²) in [6, 6.07) is 4.72. The van der Waals surface area contributed by atoms with Crippen LogP contribution in [0.5, 0.6) is 0 Å². The Kier molecular flexibility index (Phi) is 3.15. The van der Waals surface area contributed by atoms with E-state index in [1.807, 2.05) is 6.92 Å². The molecule has 1 aliphatic rings. The molecule has 0 aromatic heterocycles. The SMILES string of the molecule is Cc1c(F)cccc1NC(=O)C1(C)CCNC1. The van der Waals surface area contributed by atoms with Crippen LogP contribution in [0.2, 0.25) is 0 Å². The van der Waals surface area contributed by atoms with Gasteiger partial charge in [0.05, 0.1) is 5.41 Å². The first-order valence-corrected chi connectivity index (χ1v) is 5.80. The molecule has 92 valence electrons. The third kappa shape index (κ3) is 2.31. The molecule has 0 spiro atoms. The molecule has 1 aliphatic heterocycles. The predicted molar refractivity (Wildman–Crippen MR) is 65.4 cm³/mol. The lowest BCUT2D eigenvalue weighted by atomic mass is 9.88. The summed E-state index contributed by atoms with van der Waals surface area (Å²) in [7, 11) is 0. The molecule has 2 rings (SSSR count). The molecule has 1 heterocycles. The van der Waals surface area contributed by atoms with E-state index in [1.165, 1.54) is 6.07 Å². The number of carbonyl (C=O) groups is 1. The number of hydrogen-bond donors (Lipinski definition) is 2. The largest absolute Gasteiger partial charge is 0.325 e. The zero-order valence-electron chi connectivity index (χ0n) is 10.1. The zero-order chi connectivity index (χ0) is 12.5. The summed E-state index contributed by atoms with van der Waals surface area (Å²) in [5.41, 5.74) is 0.650. The van der Waals surface area contributed by atoms with Gasteiger partial charge < -0.3 is 10.6 Å². The molecule has 0 saturated carbocycles. The summed E-state index contributed by atoms with van der Waals surface area (Å²) in [4.78, 5) is 12.1. The van der Waals surface area contributed by atoms with Crippen molar-refractivity contribution in [1.82, 2.24) is 5.32 Å². The van der Waals surface area contributed by atoms with Crippen LogP contribution in [0.1, 0.15) is 18.9 Å². The minimum Gasteiger partial charge on any atom is -0.325 e. The fourth-order valence-corrected chi connectivity index (χ4v) is 2.03. The summed E-state index contributed by atoms with van der Waals surface area (Å²) in [6.45, 7) is 5.12. The Morgan fingerprint density at radius 1 is 1.53 bits per heavy atom. The molecule has 1 atom stereocenters. The van der Waals surface area contributed by atoms with Gasteiger partial charge in [0.15, 0.2) is 0 Å². The van der Waals surface area contributed by atoms with Crippen LogP contribution >= 0.6 is 0 Å². The van der Waals surface area contributed by atoms with E-state index in [4.69, 9.17) is 0 Å². The zero-order valence-corrected chi connectivity index (χ0v) is 10.1. The Morgan fingerprint density at radius 2 is 2.29 bits per heavy atom. The van der Waals surface area contributed by atoms with Crippen molar-refractivity contribution in [2.24, 2.45) is 5.41 Å². The van der Waals surface area contributed by atoms with Crippen LogP contribution in [0.25, 0.3) is 0 Å². The highest BCUT2D eigenvalue weighted by molar-refractivity contribution is 5.96. The standard InChI is InChI=1S/C13H17FN2O/c1-9-10(14)4-3-5-11(9)16-12(17)13(2)6-7-15-8-13/h3-5,15H,6-8H2,1-2H3,(H,16,17). The van der Waals surface area contributed by atoms with Crippen LogP contribution in [-0.4, -0.2) is 19.0 Å². The third-order valence-corrected chi connectivity index (χ3v) is 3.43. The van der Waals surface area contributed by atoms with Crippen molar-refractivity contribution in [2.75, 3.05) is 18.4 Å². The van der Waals surface area contributed by atoms with Gasteiger partial charge in [-0.15, -0.1) is 0 Å². The second-order valence-corrected chi connectivity index (χ2v) is 4.85. The first kappa shape index (κ1) is 12.0. The number of nitrogens with one attached hydrogen (secondary N) is 2. The molecule has 17 heavy (non-hydrogen) atoms. The Labute approximate surface area is 100 Å². The maximum atomic E-state index is 13.3. The number of amides is 1. The average Bonchev–Trinajstić information content (AvgIpc) is 2.73. The molecule has 0 bridgehead atoms. The molecule has 1 saturated heterocycles. The van der Waals surface area contributed by atoms with Gasteiger partial charge in [-0.25, -0.2) is 4.39 Å². The fourth-order valence-electron chi connectivity index (χ4n) is 2.03. The Morgan fingerprint density at radius 3 is 2.94 bits per heavy atom. The second-order valence-electron chi connectivity index (χ2n) is 4.85. The molecule has 3 nitrogen and oxygen atoms in total. The molecule has 1 unspecified atom stereocenters. The van der Waals surface area contributed by atoms with Gasteiger partial charge in [0.2, 0.25) is 5.91 Å². The third-order valence-electron chi connectivity index (χ3n) is 3.43. The summed E-state index contributed by atoms with van der Waals surface area (Å²) in [5.74, 6) is -0.339. The maximum Gasteiger partial charge on any atom is 0.231 e. The van der Waals surface area contributed by atoms with Gasteiger partial charge in [0.1, 0.15) is 5.82 Å². The topological polar surface area (TPSA) is 41.1 Å². The molecule has 0 radical (unpaired) electrons. The van der Waals surface area contributed by atoms with Crippen LogP contribution in [0.4, 0.5) is 10.1 Å². The maximum absolute atomic E-state index is 13.3. The minimum absolute atomic E-state index is 0.0452. The van der Waals surface area contributed by atoms with Crippen molar-refractivity contribution in [3.63, 3.8) is 0 Å². The van der Waals surface area contributed by atoms with Crippen LogP contribution in [0.15, 0.2) is 18.2 Å². The molecule has 1 aromatic carbocycles. The Balaban J connectivity index is 2.16. The molecule has 1 amide bonds. The fraction of sp³-hybridized carbons (Fsp3) is 0.462. The first-order valence-electron chi connectivity index (χ1n) is 5.80. The number of rotatable bonds is 2. The molecule has 2 N–H and O–H groups in total. The average molecular weight is 236 g/mol. The monoisotopic (exact) mass is 236 g/mol. The summed E-state index contributed by atoms with van der Waals surface area (Å²) < 4.78 is 13.3. The lowest BCUT2D eigenvalue weighted by Crippen LogP contribution is -2.35. The van der Waals surface area contributed by atoms with Crippen molar-refractivity contribution in [1.29, 1.82) is 0 Å². The quantitative estimate of drug-likeness (QED) is 0.825. The normalized spacial score (nSPS) is 23.7. The van der Waals surface area contributed by atoms with Crippen LogP contribution < -0.4 is 10.6 Å². The molecule has 4 heteroatoms. The van der Waals surface area contributed by atoms with Crippen molar-refractivity contribution < 1.29 is 9.18 Å². The molecular weight excluding hydrogens is 219 g/mol. The number of halogens is 1. The van der Waals surface area contributed by atoms with Crippen molar-refractivity contribution in [3.8, 4) is 0 Å². The van der Waals surface area contributed by atoms with Crippen molar-refractivity contribution in [2.45, 2.75) is 20.3 Å². The van der Waals surface area contributed by atoms with E-state index < -0.39 is 5.41 Å². The van der Waals surface area contributed by atoms with Gasteiger partial charge in [-0.05, 0) is 38.9 Å². The van der Waals surface area contributed by atoms with Gasteiger partial charge in [-0.1, -0.05) is 6.07 Å². The van der Waals surface area contributed by atoms with Gasteiger partial charge in [-0.2, -0.15) is 0 Å². The van der Waals surface area contributed by atoms with Crippen molar-refractivity contribution >= 4 is 11.6 Å². The van der Waals surface area contributed by atoms with Crippen LogP contribution in [0.3, 0.4) is 0 Å². The van der Waals surface area contributed by atoms with Crippen molar-refractivity contribution in [3.05, 3.63) is 29.6 Å². The number of hydrogen-bond acceptors (Lipinski definition) is 2. The van der Waals surface area contributed by atoms with E-state index in [1.54, 1.807) is 19.1 Å². The molecule has 1 aromatic rings. The van der Waals surface area contributed by atoms with Gasteiger partial charge in [0, 0.05) is 17.8 Å². The van der Waals surface area contributed by atoms with E-state index in [2.05, 4.69) is 10.6 Å². The van der Waals surface area contributed by atoms with E-state index in [9.17, 15) is 9.18 Å². The summed E-state index contributed by atoms with van der Waals surface area (Å²) >= 11 is 0. The molecule has 0 aliphatic carbocycles. The summed E-state index contributed by atoms with van der Waals surface area (Å²) in [6.07, 6.45) is 0.813. The minimum atomic E-state index is -0.390. The second kappa shape index (κ2) is 4.45. The predicted octanol–water partition coefficient (Wildman–Crippen LogP) is 2.07. The molecular formula is C13H17FN2O. The van der Waals surface area contributed by atoms with E-state index >= 15 is 0 Å². The number of benzene rings is 1. The van der Waals surface area contributed by atoms with E-state index in [0.29, 0.717) is 17.8 Å². The van der Waals surface area contributed by atoms with Crippen LogP contribution in [0, 0.1) is 18.2 Å². The van der Waals surface area contributed by atoms with E-state index in [0.717, 1.165) is 13.0 Å². The smallest absolute Gasteiger partial charge is 0.231 e. The van der Waals surface area contributed by atoms with Gasteiger partial charge in [-0.3, -0.25) is 4.79 Å². The lowest BCUT2D eigenvalue weighted by Gasteiger charge is -2.22. The van der Waals surface area contributed by atoms with Gasteiger partial charge in [0.25, 0.3) is 0 Å². The van der Waals surface area contributed by atoms with Gasteiger partial charge >= 0.3 is 0 Å². The summed E-state index contributed by atoms with van der Waals surface area (Å²) in [5, 5.41) is 5.99. The first-order chi connectivity index (χ1) is 8.03. The number of carbonyl (C=O) groups excluding carboxylic acids is 1. The number of anilines is 1. The molecule has 1 fully saturated rings. The highest BCUT2D eigenvalue weighted by atomic mass is 19.1. The Hall–Kier alpha value is -1.42. The Bertz CT molecular complexity index is 439. The highest BCUT2D eigenvalue weighted by Gasteiger charge is 2.36. The van der Waals surface area contributed by atoms with E-state index in [-0.39, 0.29) is 11.7 Å². The highest BCUT2D eigenvalue weighted by Crippen LogP contribution is 2.27.